The Morgan fingerprint density at radius 3 is 2.61 bits per heavy atom. The summed E-state index contributed by atoms with van der Waals surface area (Å²) in [6.07, 6.45) is -0.470. The number of carboxylic acids is 1. The molecule has 2 unspecified atom stereocenters. The number of fused-ring (bicyclic) bond motifs is 1. The SMILES string of the molecule is CC(C)CC(NC(=O)C(C)Oc1ccc2c(c1)OCO2)C(=O)O. The zero-order chi connectivity index (χ0) is 17.0. The van der Waals surface area contributed by atoms with Crippen LogP contribution in [0.25, 0.3) is 0 Å². The number of nitrogens with one attached hydrogen (secondary N) is 1. The number of benzene rings is 1. The summed E-state index contributed by atoms with van der Waals surface area (Å²) in [5.74, 6) is 0.253. The van der Waals surface area contributed by atoms with E-state index in [1.54, 1.807) is 25.1 Å². The summed E-state index contributed by atoms with van der Waals surface area (Å²) in [6.45, 7) is 5.52. The predicted molar refractivity (Wildman–Crippen MR) is 81.7 cm³/mol. The van der Waals surface area contributed by atoms with Crippen molar-refractivity contribution in [2.24, 2.45) is 5.92 Å². The van der Waals surface area contributed by atoms with Gasteiger partial charge in [0.2, 0.25) is 6.79 Å². The Balaban J connectivity index is 1.95. The van der Waals surface area contributed by atoms with Crippen molar-refractivity contribution in [3.05, 3.63) is 18.2 Å². The maximum Gasteiger partial charge on any atom is 0.326 e. The number of ether oxygens (including phenoxy) is 3. The molecule has 1 heterocycles. The summed E-state index contributed by atoms with van der Waals surface area (Å²) in [5.41, 5.74) is 0. The number of hydrogen-bond donors (Lipinski definition) is 2. The van der Waals surface area contributed by atoms with E-state index in [2.05, 4.69) is 5.32 Å². The maximum atomic E-state index is 12.1. The van der Waals surface area contributed by atoms with E-state index in [-0.39, 0.29) is 12.7 Å². The minimum Gasteiger partial charge on any atom is -0.481 e. The molecule has 1 amide bonds. The van der Waals surface area contributed by atoms with Gasteiger partial charge in [-0.15, -0.1) is 0 Å². The molecule has 23 heavy (non-hydrogen) atoms. The molecule has 0 saturated carbocycles. The number of hydrogen-bond acceptors (Lipinski definition) is 5. The Morgan fingerprint density at radius 1 is 1.26 bits per heavy atom. The average molecular weight is 323 g/mol. The number of aliphatic carboxylic acids is 1. The number of amides is 1. The Labute approximate surface area is 134 Å². The Kier molecular flexibility index (Phi) is 5.31. The van der Waals surface area contributed by atoms with Crippen molar-refractivity contribution in [3.63, 3.8) is 0 Å². The molecule has 0 radical (unpaired) electrons. The Hall–Kier alpha value is -2.44. The van der Waals surface area contributed by atoms with Gasteiger partial charge in [-0.3, -0.25) is 4.79 Å². The molecule has 0 aromatic heterocycles. The largest absolute Gasteiger partial charge is 0.481 e. The van der Waals surface area contributed by atoms with Crippen LogP contribution in [-0.4, -0.2) is 35.9 Å². The van der Waals surface area contributed by atoms with E-state index in [0.717, 1.165) is 0 Å². The molecule has 1 aliphatic rings. The van der Waals surface area contributed by atoms with Crippen molar-refractivity contribution >= 4 is 11.9 Å². The van der Waals surface area contributed by atoms with E-state index < -0.39 is 24.0 Å². The third-order valence-corrected chi connectivity index (χ3v) is 3.35. The Bertz CT molecular complexity index is 586. The van der Waals surface area contributed by atoms with Crippen LogP contribution in [0.1, 0.15) is 27.2 Å². The monoisotopic (exact) mass is 323 g/mol. The molecule has 7 heteroatoms. The van der Waals surface area contributed by atoms with E-state index in [1.165, 1.54) is 0 Å². The molecular weight excluding hydrogens is 302 g/mol. The van der Waals surface area contributed by atoms with Gasteiger partial charge in [0.25, 0.3) is 5.91 Å². The van der Waals surface area contributed by atoms with Gasteiger partial charge < -0.3 is 24.6 Å². The van der Waals surface area contributed by atoms with Gasteiger partial charge in [0, 0.05) is 6.07 Å². The average Bonchev–Trinajstić information content (AvgIpc) is 2.93. The molecule has 2 N–H and O–H groups in total. The van der Waals surface area contributed by atoms with E-state index in [9.17, 15) is 9.59 Å². The van der Waals surface area contributed by atoms with Crippen molar-refractivity contribution < 1.29 is 28.9 Å². The summed E-state index contributed by atoms with van der Waals surface area (Å²) in [4.78, 5) is 23.3. The molecule has 0 spiro atoms. The van der Waals surface area contributed by atoms with E-state index in [0.29, 0.717) is 23.7 Å². The molecule has 7 nitrogen and oxygen atoms in total. The molecule has 0 saturated heterocycles. The van der Waals surface area contributed by atoms with Crippen molar-refractivity contribution in [1.29, 1.82) is 0 Å². The van der Waals surface area contributed by atoms with Crippen molar-refractivity contribution in [2.75, 3.05) is 6.79 Å². The minimum absolute atomic E-state index is 0.154. The van der Waals surface area contributed by atoms with Crippen molar-refractivity contribution in [2.45, 2.75) is 39.3 Å². The highest BCUT2D eigenvalue weighted by molar-refractivity contribution is 5.86. The van der Waals surface area contributed by atoms with Gasteiger partial charge in [-0.1, -0.05) is 13.8 Å². The van der Waals surface area contributed by atoms with Crippen LogP contribution in [0, 0.1) is 5.92 Å². The highest BCUT2D eigenvalue weighted by Gasteiger charge is 2.25. The number of carboxylic acid groups (broad SMARTS) is 1. The summed E-state index contributed by atoms with van der Waals surface area (Å²) in [5, 5.41) is 11.7. The molecule has 0 fully saturated rings. The lowest BCUT2D eigenvalue weighted by Gasteiger charge is -2.20. The van der Waals surface area contributed by atoms with Crippen molar-refractivity contribution in [1.82, 2.24) is 5.32 Å². The Morgan fingerprint density at radius 2 is 1.96 bits per heavy atom. The third kappa shape index (κ3) is 4.51. The van der Waals surface area contributed by atoms with Crippen LogP contribution in [0.5, 0.6) is 17.2 Å². The van der Waals surface area contributed by atoms with Crippen LogP contribution in [0.4, 0.5) is 0 Å². The van der Waals surface area contributed by atoms with Gasteiger partial charge >= 0.3 is 5.97 Å². The first-order valence-corrected chi connectivity index (χ1v) is 7.46. The lowest BCUT2D eigenvalue weighted by molar-refractivity contribution is -0.143. The van der Waals surface area contributed by atoms with Gasteiger partial charge in [-0.05, 0) is 31.4 Å². The van der Waals surface area contributed by atoms with Gasteiger partial charge in [-0.2, -0.15) is 0 Å². The molecule has 0 bridgehead atoms. The smallest absolute Gasteiger partial charge is 0.326 e. The lowest BCUT2D eigenvalue weighted by atomic mass is 10.0. The van der Waals surface area contributed by atoms with Crippen LogP contribution in [0.15, 0.2) is 18.2 Å². The van der Waals surface area contributed by atoms with Crippen LogP contribution < -0.4 is 19.5 Å². The van der Waals surface area contributed by atoms with Crippen LogP contribution in [-0.2, 0) is 9.59 Å². The summed E-state index contributed by atoms with van der Waals surface area (Å²) >= 11 is 0. The van der Waals surface area contributed by atoms with Gasteiger partial charge in [0.05, 0.1) is 0 Å². The highest BCUT2D eigenvalue weighted by atomic mass is 16.7. The fourth-order valence-corrected chi connectivity index (χ4v) is 2.19. The van der Waals surface area contributed by atoms with Crippen molar-refractivity contribution in [3.8, 4) is 17.2 Å². The van der Waals surface area contributed by atoms with Gasteiger partial charge in [-0.25, -0.2) is 4.79 Å². The first kappa shape index (κ1) is 16.9. The van der Waals surface area contributed by atoms with Crippen LogP contribution in [0.2, 0.25) is 0 Å². The molecule has 1 aliphatic heterocycles. The molecule has 2 rings (SSSR count). The second-order valence-corrected chi connectivity index (χ2v) is 5.80. The highest BCUT2D eigenvalue weighted by Crippen LogP contribution is 2.35. The maximum absolute atomic E-state index is 12.1. The fourth-order valence-electron chi connectivity index (χ4n) is 2.19. The summed E-state index contributed by atoms with van der Waals surface area (Å²) in [7, 11) is 0. The van der Waals surface area contributed by atoms with E-state index in [1.807, 2.05) is 13.8 Å². The number of carbonyl (C=O) groups excluding carboxylic acids is 1. The lowest BCUT2D eigenvalue weighted by Crippen LogP contribution is -2.46. The van der Waals surface area contributed by atoms with E-state index in [4.69, 9.17) is 19.3 Å². The molecular formula is C16H21NO6. The fraction of sp³-hybridized carbons (Fsp3) is 0.500. The first-order chi connectivity index (χ1) is 10.9. The standard InChI is InChI=1S/C16H21NO6/c1-9(2)6-12(16(19)20)17-15(18)10(3)23-11-4-5-13-14(7-11)22-8-21-13/h4-5,7,9-10,12H,6,8H2,1-3H3,(H,17,18)(H,19,20). The molecule has 1 aromatic carbocycles. The summed E-state index contributed by atoms with van der Waals surface area (Å²) in [6, 6.07) is 4.07. The van der Waals surface area contributed by atoms with Crippen LogP contribution >= 0.6 is 0 Å². The van der Waals surface area contributed by atoms with Gasteiger partial charge in [0.1, 0.15) is 11.8 Å². The predicted octanol–water partition coefficient (Wildman–Crippen LogP) is 1.80. The quantitative estimate of drug-likeness (QED) is 0.794. The third-order valence-electron chi connectivity index (χ3n) is 3.35. The molecule has 126 valence electrons. The second kappa shape index (κ2) is 7.21. The number of rotatable bonds is 7. The molecule has 1 aromatic rings. The summed E-state index contributed by atoms with van der Waals surface area (Å²) < 4.78 is 16.0. The number of carbonyl (C=O) groups is 2. The zero-order valence-corrected chi connectivity index (χ0v) is 13.4. The van der Waals surface area contributed by atoms with Crippen LogP contribution in [0.3, 0.4) is 0 Å². The van der Waals surface area contributed by atoms with E-state index >= 15 is 0 Å². The molecule has 2 atom stereocenters. The molecule has 0 aliphatic carbocycles. The topological polar surface area (TPSA) is 94.1 Å². The zero-order valence-electron chi connectivity index (χ0n) is 13.4. The second-order valence-electron chi connectivity index (χ2n) is 5.80. The normalized spacial score (nSPS) is 15.1. The van der Waals surface area contributed by atoms with Gasteiger partial charge in [0.15, 0.2) is 17.6 Å². The minimum atomic E-state index is -1.05. The first-order valence-electron chi connectivity index (χ1n) is 7.46.